The van der Waals surface area contributed by atoms with Crippen molar-refractivity contribution in [3.8, 4) is 17.1 Å². The van der Waals surface area contributed by atoms with Gasteiger partial charge in [-0.2, -0.15) is 4.98 Å². The van der Waals surface area contributed by atoms with Crippen molar-refractivity contribution in [1.29, 1.82) is 0 Å². The normalized spacial score (nSPS) is 10.4. The third kappa shape index (κ3) is 6.19. The number of benzene rings is 1. The first-order valence-corrected chi connectivity index (χ1v) is 8.60. The first-order chi connectivity index (χ1) is 12.6. The van der Waals surface area contributed by atoms with Gasteiger partial charge in [-0.15, -0.1) is 0 Å². The zero-order valence-electron chi connectivity index (χ0n) is 15.0. The number of aromatic nitrogens is 2. The summed E-state index contributed by atoms with van der Waals surface area (Å²) in [6, 6.07) is 7.38. The molecule has 1 heterocycles. The highest BCUT2D eigenvalue weighted by Gasteiger charge is 2.11. The number of nitrogens with zero attached hydrogens (tertiary/aromatic N) is 2. The van der Waals surface area contributed by atoms with Crippen LogP contribution in [0.3, 0.4) is 0 Å². The molecule has 1 aromatic carbocycles. The lowest BCUT2D eigenvalue weighted by molar-refractivity contribution is -0.143. The van der Waals surface area contributed by atoms with E-state index in [1.54, 1.807) is 6.92 Å². The monoisotopic (exact) mass is 361 g/mol. The van der Waals surface area contributed by atoms with Crippen molar-refractivity contribution in [2.75, 3.05) is 19.8 Å². The minimum absolute atomic E-state index is 0.155. The fourth-order valence-corrected chi connectivity index (χ4v) is 2.19. The molecule has 0 atom stereocenters. The van der Waals surface area contributed by atoms with Gasteiger partial charge in [0.25, 0.3) is 0 Å². The molecule has 0 aliphatic rings. The first kappa shape index (κ1) is 19.4. The highest BCUT2D eigenvalue weighted by molar-refractivity contribution is 5.77. The summed E-state index contributed by atoms with van der Waals surface area (Å²) in [5.74, 6) is 1.11. The molecule has 1 amide bonds. The lowest BCUT2D eigenvalue weighted by atomic mass is 10.2. The van der Waals surface area contributed by atoms with Crippen LogP contribution in [0.15, 0.2) is 28.8 Å². The van der Waals surface area contributed by atoms with E-state index in [0.717, 1.165) is 11.3 Å². The lowest BCUT2D eigenvalue weighted by Gasteiger charge is -2.04. The SMILES string of the molecule is CCOC(=O)CCNC(=O)CCc1nc(-c2ccc(OCC)cc2)no1. The van der Waals surface area contributed by atoms with Crippen LogP contribution >= 0.6 is 0 Å². The van der Waals surface area contributed by atoms with Crippen LogP contribution in [-0.2, 0) is 20.7 Å². The maximum atomic E-state index is 11.8. The van der Waals surface area contributed by atoms with Crippen molar-refractivity contribution in [1.82, 2.24) is 15.5 Å². The van der Waals surface area contributed by atoms with Gasteiger partial charge in [-0.05, 0) is 38.1 Å². The van der Waals surface area contributed by atoms with Crippen LogP contribution in [0.1, 0.15) is 32.6 Å². The first-order valence-electron chi connectivity index (χ1n) is 8.60. The molecule has 0 fully saturated rings. The van der Waals surface area contributed by atoms with E-state index in [2.05, 4.69) is 15.5 Å². The Kier molecular flexibility index (Phi) is 7.60. The lowest BCUT2D eigenvalue weighted by Crippen LogP contribution is -2.26. The summed E-state index contributed by atoms with van der Waals surface area (Å²) < 4.78 is 15.4. The molecule has 8 heteroatoms. The maximum Gasteiger partial charge on any atom is 0.307 e. The smallest absolute Gasteiger partial charge is 0.307 e. The van der Waals surface area contributed by atoms with Gasteiger partial charge in [0.2, 0.25) is 17.6 Å². The van der Waals surface area contributed by atoms with Gasteiger partial charge in [0.1, 0.15) is 5.75 Å². The van der Waals surface area contributed by atoms with Crippen LogP contribution < -0.4 is 10.1 Å². The number of hydrogen-bond acceptors (Lipinski definition) is 7. The van der Waals surface area contributed by atoms with Crippen LogP contribution in [-0.4, -0.2) is 41.8 Å². The minimum Gasteiger partial charge on any atom is -0.494 e. The summed E-state index contributed by atoms with van der Waals surface area (Å²) >= 11 is 0. The van der Waals surface area contributed by atoms with Crippen molar-refractivity contribution in [3.05, 3.63) is 30.2 Å². The second-order valence-electron chi connectivity index (χ2n) is 5.37. The zero-order chi connectivity index (χ0) is 18.8. The molecule has 0 unspecified atom stereocenters. The number of nitrogens with one attached hydrogen (secondary N) is 1. The van der Waals surface area contributed by atoms with Crippen molar-refractivity contribution in [2.45, 2.75) is 33.1 Å². The number of rotatable bonds is 10. The van der Waals surface area contributed by atoms with E-state index < -0.39 is 0 Å². The van der Waals surface area contributed by atoms with Crippen LogP contribution in [0.5, 0.6) is 5.75 Å². The Morgan fingerprint density at radius 3 is 2.58 bits per heavy atom. The van der Waals surface area contributed by atoms with Gasteiger partial charge in [-0.1, -0.05) is 5.16 Å². The standard InChI is InChI=1S/C18H23N3O5/c1-3-24-14-7-5-13(6-8-14)18-20-16(26-21-18)10-9-15(22)19-12-11-17(23)25-4-2/h5-8H,3-4,9-12H2,1-2H3,(H,19,22). The molecule has 8 nitrogen and oxygen atoms in total. The molecule has 0 saturated carbocycles. The van der Waals surface area contributed by atoms with E-state index in [-0.39, 0.29) is 31.3 Å². The van der Waals surface area contributed by atoms with Crippen molar-refractivity contribution < 1.29 is 23.6 Å². The Balaban J connectivity index is 1.77. The molecule has 140 valence electrons. The zero-order valence-corrected chi connectivity index (χ0v) is 15.0. The minimum atomic E-state index is -0.329. The fraction of sp³-hybridized carbons (Fsp3) is 0.444. The van der Waals surface area contributed by atoms with Gasteiger partial charge >= 0.3 is 5.97 Å². The summed E-state index contributed by atoms with van der Waals surface area (Å²) in [5.41, 5.74) is 0.808. The predicted octanol–water partition coefficient (Wildman–Crippen LogP) is 2.14. The molecule has 0 spiro atoms. The topological polar surface area (TPSA) is 104 Å². The molecule has 26 heavy (non-hydrogen) atoms. The summed E-state index contributed by atoms with van der Waals surface area (Å²) in [6.45, 7) is 4.85. The van der Waals surface area contributed by atoms with Crippen LogP contribution in [0, 0.1) is 0 Å². The fourth-order valence-electron chi connectivity index (χ4n) is 2.19. The summed E-state index contributed by atoms with van der Waals surface area (Å²) in [4.78, 5) is 27.2. The van der Waals surface area contributed by atoms with Crippen LogP contribution in [0.4, 0.5) is 0 Å². The van der Waals surface area contributed by atoms with E-state index in [0.29, 0.717) is 31.3 Å². The van der Waals surface area contributed by atoms with Crippen molar-refractivity contribution in [3.63, 3.8) is 0 Å². The largest absolute Gasteiger partial charge is 0.494 e. The second-order valence-corrected chi connectivity index (χ2v) is 5.37. The second kappa shape index (κ2) is 10.2. The molecule has 0 saturated heterocycles. The molecule has 2 rings (SSSR count). The Hall–Kier alpha value is -2.90. The molecular weight excluding hydrogens is 338 g/mol. The maximum absolute atomic E-state index is 11.8. The number of aryl methyl sites for hydroxylation is 1. The van der Waals surface area contributed by atoms with Crippen LogP contribution in [0.25, 0.3) is 11.4 Å². The van der Waals surface area contributed by atoms with Gasteiger partial charge in [0, 0.05) is 24.9 Å². The summed E-state index contributed by atoms with van der Waals surface area (Å²) in [6.07, 6.45) is 0.686. The number of ether oxygens (including phenoxy) is 2. The Bertz CT molecular complexity index is 712. The van der Waals surface area contributed by atoms with E-state index in [9.17, 15) is 9.59 Å². The number of hydrogen-bond donors (Lipinski definition) is 1. The number of esters is 1. The van der Waals surface area contributed by atoms with Crippen molar-refractivity contribution in [2.24, 2.45) is 0 Å². The Morgan fingerprint density at radius 1 is 1.12 bits per heavy atom. The van der Waals surface area contributed by atoms with Gasteiger partial charge in [-0.25, -0.2) is 0 Å². The third-order valence-electron chi connectivity index (χ3n) is 3.41. The molecule has 1 N–H and O–H groups in total. The number of carbonyl (C=O) groups excluding carboxylic acids is 2. The molecule has 0 aliphatic heterocycles. The summed E-state index contributed by atoms with van der Waals surface area (Å²) in [5, 5.41) is 6.58. The molecule has 2 aromatic rings. The highest BCUT2D eigenvalue weighted by atomic mass is 16.5. The predicted molar refractivity (Wildman–Crippen MR) is 93.5 cm³/mol. The van der Waals surface area contributed by atoms with Gasteiger partial charge in [-0.3, -0.25) is 9.59 Å². The summed E-state index contributed by atoms with van der Waals surface area (Å²) in [7, 11) is 0. The van der Waals surface area contributed by atoms with Gasteiger partial charge < -0.3 is 19.3 Å². The van der Waals surface area contributed by atoms with E-state index in [1.165, 1.54) is 0 Å². The Morgan fingerprint density at radius 2 is 1.88 bits per heavy atom. The van der Waals surface area contributed by atoms with Gasteiger partial charge in [0.15, 0.2) is 0 Å². The van der Waals surface area contributed by atoms with Crippen LogP contribution in [0.2, 0.25) is 0 Å². The van der Waals surface area contributed by atoms with E-state index in [1.807, 2.05) is 31.2 Å². The average molecular weight is 361 g/mol. The quantitative estimate of drug-likeness (QED) is 0.647. The van der Waals surface area contributed by atoms with Crippen molar-refractivity contribution >= 4 is 11.9 Å². The highest BCUT2D eigenvalue weighted by Crippen LogP contribution is 2.20. The molecule has 0 radical (unpaired) electrons. The van der Waals surface area contributed by atoms with E-state index >= 15 is 0 Å². The number of carbonyl (C=O) groups is 2. The molecular formula is C18H23N3O5. The molecule has 0 bridgehead atoms. The molecule has 0 aliphatic carbocycles. The third-order valence-corrected chi connectivity index (χ3v) is 3.41. The molecule has 1 aromatic heterocycles. The van der Waals surface area contributed by atoms with E-state index in [4.69, 9.17) is 14.0 Å². The Labute approximate surface area is 151 Å². The number of amides is 1. The van der Waals surface area contributed by atoms with Gasteiger partial charge in [0.05, 0.1) is 19.6 Å². The average Bonchev–Trinajstić information content (AvgIpc) is 3.10.